The minimum Gasteiger partial charge on any atom is -0.491 e. The second-order valence-corrected chi connectivity index (χ2v) is 5.69. The molecule has 118 valence electrons. The molecule has 1 amide bonds. The minimum atomic E-state index is -0.199. The van der Waals surface area contributed by atoms with Crippen LogP contribution in [0.1, 0.15) is 5.56 Å². The Bertz CT molecular complexity index is 728. The summed E-state index contributed by atoms with van der Waals surface area (Å²) in [7, 11) is 0. The number of amides is 1. The van der Waals surface area contributed by atoms with Gasteiger partial charge in [0.25, 0.3) is 0 Å². The van der Waals surface area contributed by atoms with Crippen molar-refractivity contribution in [2.45, 2.75) is 12.5 Å². The zero-order valence-corrected chi connectivity index (χ0v) is 13.2. The average Bonchev–Trinajstić information content (AvgIpc) is 2.56. The molecule has 1 heterocycles. The predicted molar refractivity (Wildman–Crippen MR) is 89.3 cm³/mol. The Hall–Kier alpha value is -2.46. The number of ether oxygens (including phenoxy) is 2. The van der Waals surface area contributed by atoms with Crippen LogP contribution in [0.5, 0.6) is 17.2 Å². The number of hydrogen-bond donors (Lipinski definition) is 1. The molecule has 2 aromatic carbocycles. The molecule has 1 aliphatic rings. The summed E-state index contributed by atoms with van der Waals surface area (Å²) in [6.07, 6.45) is 1.95. The van der Waals surface area contributed by atoms with E-state index in [1.54, 1.807) is 12.1 Å². The van der Waals surface area contributed by atoms with Gasteiger partial charge in [0.2, 0.25) is 5.91 Å². The topological polar surface area (TPSA) is 47.6 Å². The first-order chi connectivity index (χ1) is 11.1. The first-order valence-corrected chi connectivity index (χ1v) is 7.64. The molecule has 0 fully saturated rings. The van der Waals surface area contributed by atoms with E-state index in [-0.39, 0.29) is 11.9 Å². The summed E-state index contributed by atoms with van der Waals surface area (Å²) in [5, 5.41) is 3.51. The van der Waals surface area contributed by atoms with E-state index < -0.39 is 0 Å². The van der Waals surface area contributed by atoms with Gasteiger partial charge in [0.1, 0.15) is 23.9 Å². The van der Waals surface area contributed by atoms with E-state index in [4.69, 9.17) is 21.1 Å². The van der Waals surface area contributed by atoms with Crippen molar-refractivity contribution in [2.75, 3.05) is 6.61 Å². The zero-order chi connectivity index (χ0) is 16.2. The van der Waals surface area contributed by atoms with Crippen molar-refractivity contribution in [2.24, 2.45) is 0 Å². The summed E-state index contributed by atoms with van der Waals surface area (Å²) in [6, 6.07) is 12.8. The van der Waals surface area contributed by atoms with E-state index in [0.29, 0.717) is 29.5 Å². The molecule has 0 aromatic heterocycles. The van der Waals surface area contributed by atoms with Gasteiger partial charge in [-0.15, -0.1) is 0 Å². The van der Waals surface area contributed by atoms with Gasteiger partial charge in [-0.1, -0.05) is 18.2 Å². The number of nitrogens with one attached hydrogen (secondary N) is 1. The second kappa shape index (κ2) is 6.75. The van der Waals surface area contributed by atoms with Gasteiger partial charge in [-0.25, -0.2) is 0 Å². The maximum Gasteiger partial charge on any atom is 0.243 e. The molecule has 0 aliphatic carbocycles. The van der Waals surface area contributed by atoms with Crippen LogP contribution in [0.15, 0.2) is 55.1 Å². The number of hydrogen-bond acceptors (Lipinski definition) is 3. The van der Waals surface area contributed by atoms with Gasteiger partial charge in [-0.3, -0.25) is 4.79 Å². The maximum atomic E-state index is 11.4. The molecule has 5 heteroatoms. The van der Waals surface area contributed by atoms with Crippen LogP contribution in [0, 0.1) is 0 Å². The third-order valence-electron chi connectivity index (χ3n) is 3.52. The maximum absolute atomic E-state index is 11.4. The lowest BCUT2D eigenvalue weighted by Gasteiger charge is -2.26. The van der Waals surface area contributed by atoms with Crippen molar-refractivity contribution in [3.63, 3.8) is 0 Å². The van der Waals surface area contributed by atoms with Crippen LogP contribution in [-0.4, -0.2) is 18.6 Å². The second-order valence-electron chi connectivity index (χ2n) is 5.25. The van der Waals surface area contributed by atoms with Gasteiger partial charge < -0.3 is 14.8 Å². The molecule has 0 radical (unpaired) electrons. The normalized spacial score (nSPS) is 16.0. The standard InChI is InChI=1S/C18H16ClNO3/c1-2-18(21)20-14-9-12-10-16(7-8-17(12)22-11-14)23-15-5-3-13(19)4-6-15/h2-8,10,14H,1,9,11H2,(H,20,21). The first kappa shape index (κ1) is 15.4. The largest absolute Gasteiger partial charge is 0.491 e. The quantitative estimate of drug-likeness (QED) is 0.869. The summed E-state index contributed by atoms with van der Waals surface area (Å²) in [5.41, 5.74) is 0.997. The predicted octanol–water partition coefficient (Wildman–Crippen LogP) is 3.74. The van der Waals surface area contributed by atoms with Crippen LogP contribution in [-0.2, 0) is 11.2 Å². The Labute approximate surface area is 139 Å². The van der Waals surface area contributed by atoms with Crippen LogP contribution >= 0.6 is 11.6 Å². The molecular weight excluding hydrogens is 314 g/mol. The Morgan fingerprint density at radius 3 is 2.74 bits per heavy atom. The van der Waals surface area contributed by atoms with Gasteiger partial charge >= 0.3 is 0 Å². The van der Waals surface area contributed by atoms with Gasteiger partial charge in [0.05, 0.1) is 6.04 Å². The minimum absolute atomic E-state index is 0.0706. The molecule has 0 saturated carbocycles. The highest BCUT2D eigenvalue weighted by molar-refractivity contribution is 6.30. The lowest BCUT2D eigenvalue weighted by Crippen LogP contribution is -2.41. The fourth-order valence-corrected chi connectivity index (χ4v) is 2.55. The summed E-state index contributed by atoms with van der Waals surface area (Å²) in [4.78, 5) is 11.4. The Morgan fingerprint density at radius 1 is 1.26 bits per heavy atom. The summed E-state index contributed by atoms with van der Waals surface area (Å²) < 4.78 is 11.5. The van der Waals surface area contributed by atoms with E-state index >= 15 is 0 Å². The SMILES string of the molecule is C=CC(=O)NC1COc2ccc(Oc3ccc(Cl)cc3)cc2C1. The Balaban J connectivity index is 1.73. The van der Waals surface area contributed by atoms with Crippen LogP contribution in [0.3, 0.4) is 0 Å². The number of carbonyl (C=O) groups excluding carboxylic acids is 1. The molecule has 4 nitrogen and oxygen atoms in total. The average molecular weight is 330 g/mol. The summed E-state index contributed by atoms with van der Waals surface area (Å²) in [6.45, 7) is 3.90. The fraction of sp³-hybridized carbons (Fsp3) is 0.167. The molecule has 3 rings (SSSR count). The van der Waals surface area contributed by atoms with Crippen LogP contribution < -0.4 is 14.8 Å². The van der Waals surface area contributed by atoms with Crippen molar-refractivity contribution < 1.29 is 14.3 Å². The van der Waals surface area contributed by atoms with Crippen molar-refractivity contribution in [3.8, 4) is 17.2 Å². The molecule has 1 unspecified atom stereocenters. The molecule has 0 saturated heterocycles. The molecule has 0 spiro atoms. The summed E-state index contributed by atoms with van der Waals surface area (Å²) in [5.74, 6) is 2.04. The van der Waals surface area contributed by atoms with Gasteiger partial charge in [-0.2, -0.15) is 0 Å². The molecule has 1 aliphatic heterocycles. The number of halogens is 1. The number of rotatable bonds is 4. The summed E-state index contributed by atoms with van der Waals surface area (Å²) >= 11 is 5.87. The van der Waals surface area contributed by atoms with E-state index in [0.717, 1.165) is 11.3 Å². The van der Waals surface area contributed by atoms with Crippen LogP contribution in [0.2, 0.25) is 5.02 Å². The van der Waals surface area contributed by atoms with Crippen molar-refractivity contribution in [1.82, 2.24) is 5.32 Å². The number of benzene rings is 2. The zero-order valence-electron chi connectivity index (χ0n) is 12.4. The molecule has 0 bridgehead atoms. The highest BCUT2D eigenvalue weighted by Gasteiger charge is 2.21. The van der Waals surface area contributed by atoms with Crippen molar-refractivity contribution >= 4 is 17.5 Å². The third-order valence-corrected chi connectivity index (χ3v) is 3.77. The monoisotopic (exact) mass is 329 g/mol. The number of fused-ring (bicyclic) bond motifs is 1. The fourth-order valence-electron chi connectivity index (χ4n) is 2.43. The van der Waals surface area contributed by atoms with E-state index in [2.05, 4.69) is 11.9 Å². The Kier molecular flexibility index (Phi) is 4.53. The molecule has 2 aromatic rings. The smallest absolute Gasteiger partial charge is 0.243 e. The first-order valence-electron chi connectivity index (χ1n) is 7.26. The molecule has 1 N–H and O–H groups in total. The van der Waals surface area contributed by atoms with Gasteiger partial charge in [-0.05, 0) is 60.5 Å². The molecule has 1 atom stereocenters. The number of carbonyl (C=O) groups is 1. The van der Waals surface area contributed by atoms with E-state index in [1.807, 2.05) is 30.3 Å². The highest BCUT2D eigenvalue weighted by atomic mass is 35.5. The molecular formula is C18H16ClNO3. The van der Waals surface area contributed by atoms with Crippen LogP contribution in [0.25, 0.3) is 0 Å². The Morgan fingerprint density at radius 2 is 2.00 bits per heavy atom. The van der Waals surface area contributed by atoms with Crippen molar-refractivity contribution in [1.29, 1.82) is 0 Å². The van der Waals surface area contributed by atoms with Gasteiger partial charge in [0.15, 0.2) is 0 Å². The van der Waals surface area contributed by atoms with E-state index in [1.165, 1.54) is 6.08 Å². The lowest BCUT2D eigenvalue weighted by molar-refractivity contribution is -0.117. The lowest BCUT2D eigenvalue weighted by atomic mass is 10.0. The third kappa shape index (κ3) is 3.85. The van der Waals surface area contributed by atoms with Crippen molar-refractivity contribution in [3.05, 3.63) is 65.7 Å². The highest BCUT2D eigenvalue weighted by Crippen LogP contribution is 2.31. The molecule has 23 heavy (non-hydrogen) atoms. The van der Waals surface area contributed by atoms with E-state index in [9.17, 15) is 4.79 Å². The van der Waals surface area contributed by atoms with Crippen LogP contribution in [0.4, 0.5) is 0 Å². The van der Waals surface area contributed by atoms with Gasteiger partial charge in [0, 0.05) is 5.02 Å².